The average Bonchev–Trinajstić information content (AvgIpc) is 2.57. The number of aromatic nitrogens is 1. The van der Waals surface area contributed by atoms with Crippen LogP contribution < -0.4 is 10.2 Å². The highest BCUT2D eigenvalue weighted by molar-refractivity contribution is 6.33. The van der Waals surface area contributed by atoms with Crippen molar-refractivity contribution in [3.8, 4) is 0 Å². The Labute approximate surface area is 137 Å². The monoisotopic (exact) mass is 321 g/mol. The SMILES string of the molecule is O=C(NC1CCN(c2ccncc2Cl)CC1)C1CCCCC1. The Morgan fingerprint density at radius 1 is 1.18 bits per heavy atom. The zero-order valence-electron chi connectivity index (χ0n) is 12.9. The van der Waals surface area contributed by atoms with Crippen molar-refractivity contribution >= 4 is 23.2 Å². The van der Waals surface area contributed by atoms with Gasteiger partial charge in [0.15, 0.2) is 0 Å². The molecule has 2 heterocycles. The number of piperidine rings is 1. The van der Waals surface area contributed by atoms with Crippen LogP contribution in [0.4, 0.5) is 5.69 Å². The molecule has 4 nitrogen and oxygen atoms in total. The molecule has 0 spiro atoms. The summed E-state index contributed by atoms with van der Waals surface area (Å²) in [7, 11) is 0. The molecule has 1 saturated heterocycles. The summed E-state index contributed by atoms with van der Waals surface area (Å²) >= 11 is 6.21. The summed E-state index contributed by atoms with van der Waals surface area (Å²) in [6, 6.07) is 2.27. The number of nitrogens with zero attached hydrogens (tertiary/aromatic N) is 2. The number of hydrogen-bond acceptors (Lipinski definition) is 3. The molecule has 1 aliphatic heterocycles. The van der Waals surface area contributed by atoms with Gasteiger partial charge >= 0.3 is 0 Å². The van der Waals surface area contributed by atoms with Crippen LogP contribution in [0.15, 0.2) is 18.5 Å². The number of carbonyl (C=O) groups is 1. The largest absolute Gasteiger partial charge is 0.370 e. The van der Waals surface area contributed by atoms with Crippen LogP contribution in [0.3, 0.4) is 0 Å². The third-order valence-electron chi connectivity index (χ3n) is 4.91. The van der Waals surface area contributed by atoms with E-state index in [2.05, 4.69) is 15.2 Å². The van der Waals surface area contributed by atoms with Crippen LogP contribution in [0.2, 0.25) is 5.02 Å². The second-order valence-electron chi connectivity index (χ2n) is 6.43. The van der Waals surface area contributed by atoms with E-state index in [1.165, 1.54) is 19.3 Å². The molecule has 3 rings (SSSR count). The zero-order chi connectivity index (χ0) is 15.4. The molecular formula is C17H24ClN3O. The summed E-state index contributed by atoms with van der Waals surface area (Å²) in [5.74, 6) is 0.529. The minimum Gasteiger partial charge on any atom is -0.370 e. The fraction of sp³-hybridized carbons (Fsp3) is 0.647. The second kappa shape index (κ2) is 7.32. The quantitative estimate of drug-likeness (QED) is 0.928. The van der Waals surface area contributed by atoms with Gasteiger partial charge in [-0.15, -0.1) is 0 Å². The van der Waals surface area contributed by atoms with Gasteiger partial charge in [0.2, 0.25) is 5.91 Å². The summed E-state index contributed by atoms with van der Waals surface area (Å²) in [6.45, 7) is 1.86. The van der Waals surface area contributed by atoms with Gasteiger partial charge in [0.1, 0.15) is 0 Å². The third-order valence-corrected chi connectivity index (χ3v) is 5.20. The molecule has 1 aromatic heterocycles. The maximum absolute atomic E-state index is 12.3. The summed E-state index contributed by atoms with van der Waals surface area (Å²) in [6.07, 6.45) is 11.3. The van der Waals surface area contributed by atoms with Gasteiger partial charge in [0, 0.05) is 37.4 Å². The molecule has 1 aromatic rings. The van der Waals surface area contributed by atoms with Gasteiger partial charge in [-0.2, -0.15) is 0 Å². The Balaban J connectivity index is 1.49. The molecule has 0 atom stereocenters. The molecule has 22 heavy (non-hydrogen) atoms. The second-order valence-corrected chi connectivity index (χ2v) is 6.84. The first-order valence-corrected chi connectivity index (χ1v) is 8.76. The van der Waals surface area contributed by atoms with E-state index < -0.39 is 0 Å². The van der Waals surface area contributed by atoms with Crippen molar-refractivity contribution in [1.82, 2.24) is 10.3 Å². The van der Waals surface area contributed by atoms with Gasteiger partial charge in [-0.05, 0) is 31.7 Å². The van der Waals surface area contributed by atoms with Crippen LogP contribution in [-0.2, 0) is 4.79 Å². The van der Waals surface area contributed by atoms with Crippen LogP contribution in [-0.4, -0.2) is 30.0 Å². The topological polar surface area (TPSA) is 45.2 Å². The van der Waals surface area contributed by atoms with Crippen molar-refractivity contribution in [3.05, 3.63) is 23.5 Å². The lowest BCUT2D eigenvalue weighted by atomic mass is 9.88. The number of pyridine rings is 1. The van der Waals surface area contributed by atoms with Crippen molar-refractivity contribution in [2.45, 2.75) is 51.0 Å². The molecule has 1 aliphatic carbocycles. The highest BCUT2D eigenvalue weighted by atomic mass is 35.5. The number of rotatable bonds is 3. The summed E-state index contributed by atoms with van der Waals surface area (Å²) in [5, 5.41) is 3.97. The van der Waals surface area contributed by atoms with Crippen LogP contribution in [0.5, 0.6) is 0 Å². The Morgan fingerprint density at radius 3 is 2.59 bits per heavy atom. The number of amides is 1. The molecule has 0 unspecified atom stereocenters. The van der Waals surface area contributed by atoms with E-state index in [0.29, 0.717) is 11.1 Å². The van der Waals surface area contributed by atoms with E-state index in [1.807, 2.05) is 6.07 Å². The van der Waals surface area contributed by atoms with E-state index in [4.69, 9.17) is 11.6 Å². The first-order chi connectivity index (χ1) is 10.7. The Hall–Kier alpha value is -1.29. The van der Waals surface area contributed by atoms with Crippen molar-refractivity contribution in [2.75, 3.05) is 18.0 Å². The molecule has 1 N–H and O–H groups in total. The normalized spacial score (nSPS) is 20.9. The van der Waals surface area contributed by atoms with E-state index in [1.54, 1.807) is 12.4 Å². The van der Waals surface area contributed by atoms with E-state index in [9.17, 15) is 4.79 Å². The molecule has 5 heteroatoms. The first-order valence-electron chi connectivity index (χ1n) is 8.39. The van der Waals surface area contributed by atoms with Gasteiger partial charge in [-0.1, -0.05) is 30.9 Å². The minimum atomic E-state index is 0.251. The highest BCUT2D eigenvalue weighted by Crippen LogP contribution is 2.28. The standard InChI is InChI=1S/C17H24ClN3O/c18-15-12-19-9-6-16(15)21-10-7-14(8-11-21)20-17(22)13-4-2-1-3-5-13/h6,9,12-14H,1-5,7-8,10-11H2,(H,20,22). The minimum absolute atomic E-state index is 0.251. The summed E-state index contributed by atoms with van der Waals surface area (Å²) in [5.41, 5.74) is 1.05. The van der Waals surface area contributed by atoms with Gasteiger partial charge in [-0.3, -0.25) is 9.78 Å². The van der Waals surface area contributed by atoms with Gasteiger partial charge in [-0.25, -0.2) is 0 Å². The van der Waals surface area contributed by atoms with Crippen molar-refractivity contribution < 1.29 is 4.79 Å². The summed E-state index contributed by atoms with van der Waals surface area (Å²) in [4.78, 5) is 18.6. The number of carbonyl (C=O) groups excluding carboxylic acids is 1. The van der Waals surface area contributed by atoms with Crippen LogP contribution in [0, 0.1) is 5.92 Å². The number of halogens is 1. The van der Waals surface area contributed by atoms with Crippen LogP contribution >= 0.6 is 11.6 Å². The molecular weight excluding hydrogens is 298 g/mol. The zero-order valence-corrected chi connectivity index (χ0v) is 13.7. The Kier molecular flexibility index (Phi) is 5.19. The molecule has 1 amide bonds. The Bertz CT molecular complexity index is 508. The highest BCUT2D eigenvalue weighted by Gasteiger charge is 2.26. The first kappa shape index (κ1) is 15.6. The van der Waals surface area contributed by atoms with E-state index in [0.717, 1.165) is 44.5 Å². The fourth-order valence-electron chi connectivity index (χ4n) is 3.57. The molecule has 2 fully saturated rings. The van der Waals surface area contributed by atoms with Crippen LogP contribution in [0.1, 0.15) is 44.9 Å². The average molecular weight is 322 g/mol. The third kappa shape index (κ3) is 3.72. The van der Waals surface area contributed by atoms with Crippen molar-refractivity contribution in [3.63, 3.8) is 0 Å². The Morgan fingerprint density at radius 2 is 1.91 bits per heavy atom. The lowest BCUT2D eigenvalue weighted by Crippen LogP contribution is -2.46. The molecule has 120 valence electrons. The number of nitrogens with one attached hydrogen (secondary N) is 1. The van der Waals surface area contributed by atoms with E-state index >= 15 is 0 Å². The predicted molar refractivity (Wildman–Crippen MR) is 89.2 cm³/mol. The molecule has 0 radical (unpaired) electrons. The molecule has 1 saturated carbocycles. The van der Waals surface area contributed by atoms with Gasteiger partial charge in [0.25, 0.3) is 0 Å². The van der Waals surface area contributed by atoms with Crippen LogP contribution in [0.25, 0.3) is 0 Å². The maximum atomic E-state index is 12.3. The van der Waals surface area contributed by atoms with Gasteiger partial charge in [0.05, 0.1) is 10.7 Å². The predicted octanol–water partition coefficient (Wildman–Crippen LogP) is 3.40. The number of anilines is 1. The van der Waals surface area contributed by atoms with Gasteiger partial charge < -0.3 is 10.2 Å². The summed E-state index contributed by atoms with van der Waals surface area (Å²) < 4.78 is 0. The van der Waals surface area contributed by atoms with E-state index in [-0.39, 0.29) is 11.8 Å². The maximum Gasteiger partial charge on any atom is 0.223 e. The lowest BCUT2D eigenvalue weighted by molar-refractivity contribution is -0.126. The number of hydrogen-bond donors (Lipinski definition) is 1. The van der Waals surface area contributed by atoms with Crippen molar-refractivity contribution in [1.29, 1.82) is 0 Å². The fourth-order valence-corrected chi connectivity index (χ4v) is 3.81. The molecule has 0 bridgehead atoms. The molecule has 2 aliphatic rings. The van der Waals surface area contributed by atoms with Crippen molar-refractivity contribution in [2.24, 2.45) is 5.92 Å². The molecule has 0 aromatic carbocycles. The lowest BCUT2D eigenvalue weighted by Gasteiger charge is -2.35. The smallest absolute Gasteiger partial charge is 0.223 e.